The van der Waals surface area contributed by atoms with Crippen molar-refractivity contribution in [3.05, 3.63) is 60.0 Å². The SMILES string of the molecule is C[C@@H](c1nc(-c2ccccc2)no1)N1CCc2cncnc2C1. The summed E-state index contributed by atoms with van der Waals surface area (Å²) in [6.07, 6.45) is 4.46. The van der Waals surface area contributed by atoms with Gasteiger partial charge >= 0.3 is 0 Å². The van der Waals surface area contributed by atoms with Crippen molar-refractivity contribution in [2.45, 2.75) is 25.9 Å². The minimum Gasteiger partial charge on any atom is -0.337 e. The zero-order valence-corrected chi connectivity index (χ0v) is 12.9. The van der Waals surface area contributed by atoms with E-state index in [9.17, 15) is 0 Å². The lowest BCUT2D eigenvalue weighted by molar-refractivity contribution is 0.155. The molecule has 0 aliphatic carbocycles. The second-order valence-electron chi connectivity index (χ2n) is 5.71. The Labute approximate surface area is 134 Å². The first-order chi connectivity index (χ1) is 11.3. The Morgan fingerprint density at radius 1 is 1.22 bits per heavy atom. The zero-order valence-electron chi connectivity index (χ0n) is 12.9. The summed E-state index contributed by atoms with van der Waals surface area (Å²) in [7, 11) is 0. The molecular weight excluding hydrogens is 290 g/mol. The molecule has 0 spiro atoms. The standard InChI is InChI=1S/C17H17N5O/c1-12(22-8-7-14-9-18-11-19-15(14)10-22)17-20-16(21-23-17)13-5-3-2-4-6-13/h2-6,9,11-12H,7-8,10H2,1H3/t12-/m0/s1. The van der Waals surface area contributed by atoms with Gasteiger partial charge in [-0.05, 0) is 18.9 Å². The van der Waals surface area contributed by atoms with Crippen LogP contribution in [0.15, 0.2) is 47.4 Å². The summed E-state index contributed by atoms with van der Waals surface area (Å²) in [6.45, 7) is 3.81. The Morgan fingerprint density at radius 2 is 2.09 bits per heavy atom. The minimum absolute atomic E-state index is 0.0584. The highest BCUT2D eigenvalue weighted by atomic mass is 16.5. The largest absolute Gasteiger partial charge is 0.337 e. The van der Waals surface area contributed by atoms with E-state index in [1.807, 2.05) is 36.5 Å². The lowest BCUT2D eigenvalue weighted by Crippen LogP contribution is -2.33. The first-order valence-corrected chi connectivity index (χ1v) is 7.72. The molecule has 6 nitrogen and oxygen atoms in total. The van der Waals surface area contributed by atoms with Gasteiger partial charge in [-0.2, -0.15) is 4.98 Å². The van der Waals surface area contributed by atoms with Gasteiger partial charge in [-0.3, -0.25) is 4.90 Å². The molecule has 3 aromatic rings. The van der Waals surface area contributed by atoms with Gasteiger partial charge in [-0.1, -0.05) is 35.5 Å². The van der Waals surface area contributed by atoms with E-state index >= 15 is 0 Å². The Balaban J connectivity index is 1.54. The van der Waals surface area contributed by atoms with Crippen LogP contribution in [0.5, 0.6) is 0 Å². The van der Waals surface area contributed by atoms with Gasteiger partial charge < -0.3 is 4.52 Å². The minimum atomic E-state index is 0.0584. The summed E-state index contributed by atoms with van der Waals surface area (Å²) in [5.74, 6) is 1.27. The van der Waals surface area contributed by atoms with E-state index in [0.717, 1.165) is 30.8 Å². The predicted octanol–water partition coefficient (Wildman–Crippen LogP) is 2.65. The van der Waals surface area contributed by atoms with E-state index in [1.54, 1.807) is 6.33 Å². The fraction of sp³-hybridized carbons (Fsp3) is 0.294. The summed E-state index contributed by atoms with van der Waals surface area (Å²) < 4.78 is 5.49. The van der Waals surface area contributed by atoms with Crippen molar-refractivity contribution >= 4 is 0 Å². The molecule has 6 heteroatoms. The van der Waals surface area contributed by atoms with E-state index in [0.29, 0.717) is 11.7 Å². The Hall–Kier alpha value is -2.60. The van der Waals surface area contributed by atoms with Crippen LogP contribution in [-0.4, -0.2) is 31.6 Å². The van der Waals surface area contributed by atoms with E-state index < -0.39 is 0 Å². The maximum absolute atomic E-state index is 5.49. The van der Waals surface area contributed by atoms with Crippen molar-refractivity contribution in [2.75, 3.05) is 6.54 Å². The van der Waals surface area contributed by atoms with Crippen LogP contribution in [0.3, 0.4) is 0 Å². The maximum atomic E-state index is 5.49. The molecule has 4 rings (SSSR count). The summed E-state index contributed by atoms with van der Waals surface area (Å²) >= 11 is 0. The number of nitrogens with zero attached hydrogens (tertiary/aromatic N) is 5. The molecule has 1 atom stereocenters. The topological polar surface area (TPSA) is 67.9 Å². The molecule has 2 aromatic heterocycles. The summed E-state index contributed by atoms with van der Waals surface area (Å²) in [5.41, 5.74) is 3.28. The number of aromatic nitrogens is 4. The molecule has 0 amide bonds. The van der Waals surface area contributed by atoms with Gasteiger partial charge in [0.05, 0.1) is 11.7 Å². The molecule has 0 saturated carbocycles. The van der Waals surface area contributed by atoms with Gasteiger partial charge in [0.15, 0.2) is 0 Å². The lowest BCUT2D eigenvalue weighted by Gasteiger charge is -2.30. The number of hydrogen-bond donors (Lipinski definition) is 0. The van der Waals surface area contributed by atoms with Gasteiger partial charge in [0, 0.05) is 24.8 Å². The number of benzene rings is 1. The van der Waals surface area contributed by atoms with Gasteiger partial charge in [-0.25, -0.2) is 9.97 Å². The van der Waals surface area contributed by atoms with Crippen molar-refractivity contribution in [1.29, 1.82) is 0 Å². The molecule has 1 aliphatic rings. The molecule has 0 saturated heterocycles. The normalized spacial score (nSPS) is 16.0. The third-order valence-electron chi connectivity index (χ3n) is 4.28. The number of hydrogen-bond acceptors (Lipinski definition) is 6. The van der Waals surface area contributed by atoms with Crippen LogP contribution < -0.4 is 0 Å². The predicted molar refractivity (Wildman–Crippen MR) is 84.3 cm³/mol. The fourth-order valence-corrected chi connectivity index (χ4v) is 2.87. The summed E-state index contributed by atoms with van der Waals surface area (Å²) in [6, 6.07) is 9.93. The van der Waals surface area contributed by atoms with Crippen molar-refractivity contribution < 1.29 is 4.52 Å². The van der Waals surface area contributed by atoms with Gasteiger partial charge in [0.25, 0.3) is 0 Å². The molecule has 0 unspecified atom stereocenters. The molecule has 0 N–H and O–H groups in total. The van der Waals surface area contributed by atoms with Crippen molar-refractivity contribution in [3.63, 3.8) is 0 Å². The Morgan fingerprint density at radius 3 is 2.96 bits per heavy atom. The van der Waals surface area contributed by atoms with E-state index in [1.165, 1.54) is 5.56 Å². The second-order valence-corrected chi connectivity index (χ2v) is 5.71. The second kappa shape index (κ2) is 5.89. The van der Waals surface area contributed by atoms with Crippen molar-refractivity contribution in [2.24, 2.45) is 0 Å². The van der Waals surface area contributed by atoms with Crippen LogP contribution in [0, 0.1) is 0 Å². The third-order valence-corrected chi connectivity index (χ3v) is 4.28. The molecule has 3 heterocycles. The van der Waals surface area contributed by atoms with Gasteiger partial charge in [0.2, 0.25) is 11.7 Å². The van der Waals surface area contributed by atoms with Gasteiger partial charge in [0.1, 0.15) is 6.33 Å². The van der Waals surface area contributed by atoms with E-state index in [-0.39, 0.29) is 6.04 Å². The highest BCUT2D eigenvalue weighted by Crippen LogP contribution is 2.26. The van der Waals surface area contributed by atoms with Crippen LogP contribution in [-0.2, 0) is 13.0 Å². The molecule has 0 radical (unpaired) electrons. The molecule has 23 heavy (non-hydrogen) atoms. The van der Waals surface area contributed by atoms with Crippen LogP contribution in [0.25, 0.3) is 11.4 Å². The number of fused-ring (bicyclic) bond motifs is 1. The van der Waals surface area contributed by atoms with E-state index in [4.69, 9.17) is 4.52 Å². The van der Waals surface area contributed by atoms with Crippen LogP contribution in [0.2, 0.25) is 0 Å². The molecule has 0 fully saturated rings. The molecule has 1 aliphatic heterocycles. The van der Waals surface area contributed by atoms with Crippen LogP contribution >= 0.6 is 0 Å². The monoisotopic (exact) mass is 307 g/mol. The van der Waals surface area contributed by atoms with Crippen LogP contribution in [0.1, 0.15) is 30.1 Å². The maximum Gasteiger partial charge on any atom is 0.244 e. The highest BCUT2D eigenvalue weighted by molar-refractivity contribution is 5.53. The quantitative estimate of drug-likeness (QED) is 0.741. The summed E-state index contributed by atoms with van der Waals surface area (Å²) in [4.78, 5) is 15.3. The molecule has 0 bridgehead atoms. The van der Waals surface area contributed by atoms with Crippen molar-refractivity contribution in [1.82, 2.24) is 25.0 Å². The van der Waals surface area contributed by atoms with Gasteiger partial charge in [-0.15, -0.1) is 0 Å². The Kier molecular flexibility index (Phi) is 3.59. The fourth-order valence-electron chi connectivity index (χ4n) is 2.87. The average Bonchev–Trinajstić information content (AvgIpc) is 3.11. The first kappa shape index (κ1) is 14.0. The zero-order chi connectivity index (χ0) is 15.6. The Bertz CT molecular complexity index is 802. The first-order valence-electron chi connectivity index (χ1n) is 7.72. The van der Waals surface area contributed by atoms with Crippen LogP contribution in [0.4, 0.5) is 0 Å². The molecule has 116 valence electrons. The molecular formula is C17H17N5O. The molecule has 1 aromatic carbocycles. The third kappa shape index (κ3) is 2.73. The highest BCUT2D eigenvalue weighted by Gasteiger charge is 2.26. The van der Waals surface area contributed by atoms with E-state index in [2.05, 4.69) is 31.9 Å². The summed E-state index contributed by atoms with van der Waals surface area (Å²) in [5, 5.41) is 4.11. The van der Waals surface area contributed by atoms with Crippen molar-refractivity contribution in [3.8, 4) is 11.4 Å². The smallest absolute Gasteiger partial charge is 0.244 e. The average molecular weight is 307 g/mol. The number of rotatable bonds is 3. The lowest BCUT2D eigenvalue weighted by atomic mass is 10.1.